The van der Waals surface area contributed by atoms with E-state index in [0.29, 0.717) is 6.54 Å². The number of hydrogen-bond donors (Lipinski definition) is 1. The van der Waals surface area contributed by atoms with Crippen LogP contribution in [0.1, 0.15) is 11.3 Å². The summed E-state index contributed by atoms with van der Waals surface area (Å²) >= 11 is 0. The van der Waals surface area contributed by atoms with Gasteiger partial charge in [0, 0.05) is 24.5 Å². The first-order valence-corrected chi connectivity index (χ1v) is 6.24. The van der Waals surface area contributed by atoms with E-state index >= 15 is 0 Å². The van der Waals surface area contributed by atoms with Gasteiger partial charge in [-0.2, -0.15) is 13.2 Å². The zero-order valence-electron chi connectivity index (χ0n) is 11.3. The summed E-state index contributed by atoms with van der Waals surface area (Å²) < 4.78 is 40.5. The van der Waals surface area contributed by atoms with Gasteiger partial charge in [0.05, 0.1) is 0 Å². The third-order valence-electron chi connectivity index (χ3n) is 2.54. The van der Waals surface area contributed by atoms with Crippen molar-refractivity contribution in [3.05, 3.63) is 47.8 Å². The number of ether oxygens (including phenoxy) is 1. The van der Waals surface area contributed by atoms with Crippen molar-refractivity contribution < 1.29 is 17.9 Å². The fraction of sp³-hybridized carbons (Fsp3) is 0.286. The summed E-state index contributed by atoms with van der Waals surface area (Å²) in [5, 5.41) is 3.11. The molecule has 2 aromatic rings. The van der Waals surface area contributed by atoms with E-state index in [1.807, 2.05) is 25.1 Å². The van der Waals surface area contributed by atoms with E-state index in [0.717, 1.165) is 17.1 Å². The van der Waals surface area contributed by atoms with Crippen molar-refractivity contribution in [2.24, 2.45) is 0 Å². The summed E-state index contributed by atoms with van der Waals surface area (Å²) in [4.78, 5) is 8.11. The molecule has 0 radical (unpaired) electrons. The number of pyridine rings is 2. The second-order valence-corrected chi connectivity index (χ2v) is 4.43. The molecule has 1 N–H and O–H groups in total. The first-order valence-electron chi connectivity index (χ1n) is 6.24. The number of aromatic nitrogens is 2. The largest absolute Gasteiger partial charge is 0.468 e. The molecule has 0 atom stereocenters. The van der Waals surface area contributed by atoms with Crippen LogP contribution in [0.5, 0.6) is 5.88 Å². The maximum atomic E-state index is 12.0. The summed E-state index contributed by atoms with van der Waals surface area (Å²) in [6, 6.07) is 8.67. The molecule has 2 rings (SSSR count). The molecule has 7 heteroatoms. The molecule has 0 spiro atoms. The maximum absolute atomic E-state index is 12.0. The SMILES string of the molecule is Cc1cccc(NCc2ccc(OCC(F)(F)F)nc2)n1. The van der Waals surface area contributed by atoms with E-state index in [-0.39, 0.29) is 5.88 Å². The van der Waals surface area contributed by atoms with Crippen LogP contribution in [0.15, 0.2) is 36.5 Å². The third-order valence-corrected chi connectivity index (χ3v) is 2.54. The fourth-order valence-electron chi connectivity index (χ4n) is 1.59. The number of alkyl halides is 3. The summed E-state index contributed by atoms with van der Waals surface area (Å²) in [6.07, 6.45) is -2.90. The second-order valence-electron chi connectivity index (χ2n) is 4.43. The summed E-state index contributed by atoms with van der Waals surface area (Å²) in [5.41, 5.74) is 1.71. The van der Waals surface area contributed by atoms with E-state index < -0.39 is 12.8 Å². The predicted molar refractivity (Wildman–Crippen MR) is 72.1 cm³/mol. The Kier molecular flexibility index (Phi) is 4.62. The lowest BCUT2D eigenvalue weighted by molar-refractivity contribution is -0.154. The monoisotopic (exact) mass is 297 g/mol. The van der Waals surface area contributed by atoms with Crippen molar-refractivity contribution >= 4 is 5.82 Å². The van der Waals surface area contributed by atoms with Crippen molar-refractivity contribution in [1.29, 1.82) is 0 Å². The molecule has 2 aromatic heterocycles. The first kappa shape index (κ1) is 15.1. The highest BCUT2D eigenvalue weighted by Crippen LogP contribution is 2.17. The molecule has 0 saturated carbocycles. The van der Waals surface area contributed by atoms with Crippen molar-refractivity contribution in [3.8, 4) is 5.88 Å². The molecular formula is C14H14F3N3O. The molecule has 4 nitrogen and oxygen atoms in total. The van der Waals surface area contributed by atoms with E-state index in [2.05, 4.69) is 20.0 Å². The van der Waals surface area contributed by atoms with E-state index in [9.17, 15) is 13.2 Å². The Morgan fingerprint density at radius 1 is 1.19 bits per heavy atom. The Morgan fingerprint density at radius 2 is 2.00 bits per heavy atom. The minimum atomic E-state index is -4.36. The average molecular weight is 297 g/mol. The standard InChI is InChI=1S/C14H14F3N3O/c1-10-3-2-4-12(20-10)18-7-11-5-6-13(19-8-11)21-9-14(15,16)17/h2-6,8H,7,9H2,1H3,(H,18,20). The zero-order valence-corrected chi connectivity index (χ0v) is 11.3. The quantitative estimate of drug-likeness (QED) is 0.919. The van der Waals surface area contributed by atoms with E-state index in [1.165, 1.54) is 12.3 Å². The molecule has 0 unspecified atom stereocenters. The molecule has 0 aromatic carbocycles. The normalized spacial score (nSPS) is 11.2. The van der Waals surface area contributed by atoms with Gasteiger partial charge in [-0.15, -0.1) is 0 Å². The van der Waals surface area contributed by atoms with Crippen LogP contribution in [-0.4, -0.2) is 22.8 Å². The van der Waals surface area contributed by atoms with Crippen LogP contribution in [0.2, 0.25) is 0 Å². The van der Waals surface area contributed by atoms with Crippen molar-refractivity contribution in [2.75, 3.05) is 11.9 Å². The highest BCUT2D eigenvalue weighted by atomic mass is 19.4. The van der Waals surface area contributed by atoms with Crippen LogP contribution >= 0.6 is 0 Å². The highest BCUT2D eigenvalue weighted by molar-refractivity contribution is 5.36. The highest BCUT2D eigenvalue weighted by Gasteiger charge is 2.28. The van der Waals surface area contributed by atoms with Gasteiger partial charge < -0.3 is 10.1 Å². The molecule has 2 heterocycles. The Hall–Kier alpha value is -2.31. The van der Waals surface area contributed by atoms with Crippen LogP contribution in [0, 0.1) is 6.92 Å². The van der Waals surface area contributed by atoms with Gasteiger partial charge in [0.25, 0.3) is 0 Å². The van der Waals surface area contributed by atoms with Crippen LogP contribution in [0.3, 0.4) is 0 Å². The molecule has 0 saturated heterocycles. The number of halogens is 3. The lowest BCUT2D eigenvalue weighted by atomic mass is 10.3. The molecule has 0 aliphatic heterocycles. The average Bonchev–Trinajstić information content (AvgIpc) is 2.43. The number of anilines is 1. The Bertz CT molecular complexity index is 585. The van der Waals surface area contributed by atoms with Crippen LogP contribution in [0.4, 0.5) is 19.0 Å². The van der Waals surface area contributed by atoms with E-state index in [1.54, 1.807) is 6.07 Å². The summed E-state index contributed by atoms with van der Waals surface area (Å²) in [5.74, 6) is 0.678. The van der Waals surface area contributed by atoms with Crippen LogP contribution < -0.4 is 10.1 Å². The molecule has 112 valence electrons. The topological polar surface area (TPSA) is 47.0 Å². The van der Waals surface area contributed by atoms with Crippen molar-refractivity contribution in [3.63, 3.8) is 0 Å². The Labute approximate surface area is 120 Å². The Morgan fingerprint density at radius 3 is 2.62 bits per heavy atom. The molecule has 0 amide bonds. The Balaban J connectivity index is 1.87. The van der Waals surface area contributed by atoms with Crippen molar-refractivity contribution in [1.82, 2.24) is 9.97 Å². The minimum Gasteiger partial charge on any atom is -0.468 e. The molecule has 0 aliphatic carbocycles. The van der Waals surface area contributed by atoms with E-state index in [4.69, 9.17) is 0 Å². The smallest absolute Gasteiger partial charge is 0.422 e. The fourth-order valence-corrected chi connectivity index (χ4v) is 1.59. The van der Waals surface area contributed by atoms with Gasteiger partial charge >= 0.3 is 6.18 Å². The number of nitrogens with zero attached hydrogens (tertiary/aromatic N) is 2. The number of rotatable bonds is 5. The summed E-state index contributed by atoms with van der Waals surface area (Å²) in [6.45, 7) is 1.02. The zero-order chi connectivity index (χ0) is 15.3. The van der Waals surface area contributed by atoms with Gasteiger partial charge in [0.15, 0.2) is 6.61 Å². The number of hydrogen-bond acceptors (Lipinski definition) is 4. The number of aryl methyl sites for hydroxylation is 1. The second kappa shape index (κ2) is 6.43. The lowest BCUT2D eigenvalue weighted by Crippen LogP contribution is -2.19. The van der Waals surface area contributed by atoms with Gasteiger partial charge in [0.1, 0.15) is 5.82 Å². The van der Waals surface area contributed by atoms with Gasteiger partial charge in [0.2, 0.25) is 5.88 Å². The van der Waals surface area contributed by atoms with Gasteiger partial charge in [-0.25, -0.2) is 9.97 Å². The molecule has 0 fully saturated rings. The molecule has 0 bridgehead atoms. The molecule has 21 heavy (non-hydrogen) atoms. The molecular weight excluding hydrogens is 283 g/mol. The third kappa shape index (κ3) is 5.29. The minimum absolute atomic E-state index is 0.0512. The van der Waals surface area contributed by atoms with Gasteiger partial charge in [-0.3, -0.25) is 0 Å². The molecule has 0 aliphatic rings. The number of nitrogens with one attached hydrogen (secondary N) is 1. The van der Waals surface area contributed by atoms with Gasteiger partial charge in [-0.05, 0) is 24.6 Å². The van der Waals surface area contributed by atoms with Crippen LogP contribution in [0.25, 0.3) is 0 Å². The summed E-state index contributed by atoms with van der Waals surface area (Å²) in [7, 11) is 0. The first-order chi connectivity index (χ1) is 9.92. The lowest BCUT2D eigenvalue weighted by Gasteiger charge is -2.09. The van der Waals surface area contributed by atoms with Crippen molar-refractivity contribution in [2.45, 2.75) is 19.6 Å². The van der Waals surface area contributed by atoms with Crippen LogP contribution in [-0.2, 0) is 6.54 Å². The van der Waals surface area contributed by atoms with Gasteiger partial charge in [-0.1, -0.05) is 12.1 Å². The maximum Gasteiger partial charge on any atom is 0.422 e. The predicted octanol–water partition coefficient (Wildman–Crippen LogP) is 3.34.